The van der Waals surface area contributed by atoms with Gasteiger partial charge in [-0.25, -0.2) is 9.18 Å². The van der Waals surface area contributed by atoms with Crippen LogP contribution in [0.4, 0.5) is 14.9 Å². The zero-order valence-electron chi connectivity index (χ0n) is 22.9. The molecular formula is C27H41FN2O5Si. The number of amides is 2. The predicted octanol–water partition coefficient (Wildman–Crippen LogP) is 5.47. The molecule has 1 aliphatic heterocycles. The summed E-state index contributed by atoms with van der Waals surface area (Å²) in [6, 6.07) is 3.02. The number of carbonyl (C=O) groups excluding carboxylic acids is 3. The van der Waals surface area contributed by atoms with Crippen molar-refractivity contribution in [1.82, 2.24) is 4.90 Å². The van der Waals surface area contributed by atoms with E-state index in [9.17, 15) is 18.8 Å². The molecule has 0 radical (unpaired) electrons. The summed E-state index contributed by atoms with van der Waals surface area (Å²) in [7, 11) is -2.26. The molecule has 3 rings (SSSR count). The second-order valence-corrected chi connectivity index (χ2v) is 17.5. The van der Waals surface area contributed by atoms with Gasteiger partial charge in [0.1, 0.15) is 23.2 Å². The third-order valence-corrected chi connectivity index (χ3v) is 12.2. The van der Waals surface area contributed by atoms with Crippen molar-refractivity contribution >= 4 is 32.3 Å². The molecule has 2 atom stereocenters. The lowest BCUT2D eigenvalue weighted by Gasteiger charge is -2.42. The van der Waals surface area contributed by atoms with E-state index in [0.29, 0.717) is 43.5 Å². The van der Waals surface area contributed by atoms with Gasteiger partial charge in [-0.1, -0.05) is 20.8 Å². The molecule has 2 amide bonds. The van der Waals surface area contributed by atoms with Crippen LogP contribution in [0, 0.1) is 11.7 Å². The summed E-state index contributed by atoms with van der Waals surface area (Å²) < 4.78 is 27.0. The average Bonchev–Trinajstić information content (AvgIpc) is 3.35. The minimum atomic E-state index is -2.26. The van der Waals surface area contributed by atoms with Gasteiger partial charge in [-0.3, -0.25) is 9.69 Å². The monoisotopic (exact) mass is 520 g/mol. The number of aldehydes is 1. The van der Waals surface area contributed by atoms with Gasteiger partial charge >= 0.3 is 6.09 Å². The number of hydrogen-bond donors (Lipinski definition) is 1. The zero-order valence-corrected chi connectivity index (χ0v) is 23.9. The molecule has 1 unspecified atom stereocenters. The van der Waals surface area contributed by atoms with Crippen LogP contribution in [0.3, 0.4) is 0 Å². The Balaban J connectivity index is 1.93. The van der Waals surface area contributed by atoms with Gasteiger partial charge in [0.05, 0.1) is 6.61 Å². The van der Waals surface area contributed by atoms with Crippen LogP contribution < -0.4 is 5.32 Å². The van der Waals surface area contributed by atoms with Crippen molar-refractivity contribution in [2.75, 3.05) is 18.5 Å². The molecule has 1 saturated heterocycles. The Labute approximate surface area is 215 Å². The molecule has 1 heterocycles. The van der Waals surface area contributed by atoms with E-state index in [2.05, 4.69) is 39.2 Å². The molecule has 0 bridgehead atoms. The van der Waals surface area contributed by atoms with Crippen molar-refractivity contribution in [2.45, 2.75) is 96.5 Å². The van der Waals surface area contributed by atoms with E-state index >= 15 is 0 Å². The van der Waals surface area contributed by atoms with Gasteiger partial charge in [0, 0.05) is 18.2 Å². The van der Waals surface area contributed by atoms with Crippen LogP contribution >= 0.6 is 0 Å². The normalized spacial score (nSPS) is 22.4. The van der Waals surface area contributed by atoms with Crippen LogP contribution in [0.25, 0.3) is 0 Å². The van der Waals surface area contributed by atoms with Crippen LogP contribution in [0.2, 0.25) is 18.1 Å². The first-order chi connectivity index (χ1) is 16.5. The van der Waals surface area contributed by atoms with E-state index in [1.807, 2.05) is 0 Å². The standard InChI is InChI=1S/C27H41FN2O5Si/c1-25(2,3)35-24(33)30-11-9-10-27(30,17-34-36(7,8)26(4,5)6)23(32)29-20-14-19-12-18(16-31)13-21(19)22(28)15-20/h14-16,18H,9-13,17H2,1-8H3,(H,29,32)/t18?,27-/m1/s1. The summed E-state index contributed by atoms with van der Waals surface area (Å²) in [6.07, 6.45) is 2.13. The van der Waals surface area contributed by atoms with E-state index in [1.54, 1.807) is 26.8 Å². The Hall–Kier alpha value is -2.26. The minimum Gasteiger partial charge on any atom is -0.444 e. The first-order valence-electron chi connectivity index (χ1n) is 12.7. The van der Waals surface area contributed by atoms with Gasteiger partial charge in [0.2, 0.25) is 0 Å². The third-order valence-electron chi connectivity index (χ3n) is 7.69. The van der Waals surface area contributed by atoms with Crippen molar-refractivity contribution in [3.8, 4) is 0 Å². The number of halogens is 1. The number of benzene rings is 1. The highest BCUT2D eigenvalue weighted by Gasteiger charge is 2.53. The van der Waals surface area contributed by atoms with E-state index in [4.69, 9.17) is 9.16 Å². The summed E-state index contributed by atoms with van der Waals surface area (Å²) in [6.45, 7) is 16.3. The summed E-state index contributed by atoms with van der Waals surface area (Å²) in [4.78, 5) is 39.8. The Morgan fingerprint density at radius 1 is 1.19 bits per heavy atom. The average molecular weight is 521 g/mol. The number of ether oxygens (including phenoxy) is 1. The molecule has 0 spiro atoms. The highest BCUT2D eigenvalue weighted by molar-refractivity contribution is 6.74. The molecule has 36 heavy (non-hydrogen) atoms. The smallest absolute Gasteiger partial charge is 0.411 e. The fourth-order valence-electron chi connectivity index (χ4n) is 4.57. The number of carbonyl (C=O) groups is 3. The number of fused-ring (bicyclic) bond motifs is 1. The van der Waals surface area contributed by atoms with Crippen molar-refractivity contribution in [3.63, 3.8) is 0 Å². The fraction of sp³-hybridized carbons (Fsp3) is 0.667. The Morgan fingerprint density at radius 2 is 1.86 bits per heavy atom. The molecular weight excluding hydrogens is 479 g/mol. The first-order valence-corrected chi connectivity index (χ1v) is 15.6. The summed E-state index contributed by atoms with van der Waals surface area (Å²) in [5, 5.41) is 2.78. The Kier molecular flexibility index (Phi) is 7.78. The number of rotatable bonds is 6. The molecule has 1 aromatic rings. The van der Waals surface area contributed by atoms with Crippen LogP contribution in [-0.4, -0.2) is 55.8 Å². The number of hydrogen-bond acceptors (Lipinski definition) is 5. The number of nitrogens with one attached hydrogen (secondary N) is 1. The van der Waals surface area contributed by atoms with Gasteiger partial charge in [-0.05, 0) is 87.8 Å². The molecule has 0 aromatic heterocycles. The van der Waals surface area contributed by atoms with E-state index in [1.165, 1.54) is 11.0 Å². The second kappa shape index (κ2) is 9.89. The maximum atomic E-state index is 14.8. The molecule has 7 nitrogen and oxygen atoms in total. The fourth-order valence-corrected chi connectivity index (χ4v) is 5.60. The summed E-state index contributed by atoms with van der Waals surface area (Å²) in [5.41, 5.74) is -0.439. The zero-order chi connectivity index (χ0) is 27.1. The van der Waals surface area contributed by atoms with E-state index in [0.717, 1.165) is 11.8 Å². The topological polar surface area (TPSA) is 84.9 Å². The Bertz CT molecular complexity index is 1030. The van der Waals surface area contributed by atoms with Crippen molar-refractivity contribution in [2.24, 2.45) is 5.92 Å². The quantitative estimate of drug-likeness (QED) is 0.397. The van der Waals surface area contributed by atoms with Crippen molar-refractivity contribution < 1.29 is 27.9 Å². The first kappa shape index (κ1) is 28.3. The predicted molar refractivity (Wildman–Crippen MR) is 140 cm³/mol. The van der Waals surface area contributed by atoms with Gasteiger partial charge in [0.25, 0.3) is 5.91 Å². The van der Waals surface area contributed by atoms with Crippen LogP contribution in [0.5, 0.6) is 0 Å². The minimum absolute atomic E-state index is 0.0369. The molecule has 1 N–H and O–H groups in total. The van der Waals surface area contributed by atoms with E-state index < -0.39 is 37.3 Å². The Morgan fingerprint density at radius 3 is 2.44 bits per heavy atom. The number of nitrogens with zero attached hydrogens (tertiary/aromatic N) is 1. The highest BCUT2D eigenvalue weighted by Crippen LogP contribution is 2.40. The summed E-state index contributed by atoms with van der Waals surface area (Å²) >= 11 is 0. The highest BCUT2D eigenvalue weighted by atomic mass is 28.4. The largest absolute Gasteiger partial charge is 0.444 e. The summed E-state index contributed by atoms with van der Waals surface area (Å²) in [5.74, 6) is -1.11. The molecule has 9 heteroatoms. The maximum absolute atomic E-state index is 14.8. The molecule has 2 aliphatic rings. The second-order valence-electron chi connectivity index (χ2n) is 12.7. The lowest BCUT2D eigenvalue weighted by molar-refractivity contribution is -0.128. The molecule has 1 fully saturated rings. The SMILES string of the molecule is CC(C)(C)OC(=O)N1CCC[C@@]1(CO[Si](C)(C)C(C)(C)C)C(=O)Nc1cc(F)c2c(c1)CC(C=O)C2. The lowest BCUT2D eigenvalue weighted by atomic mass is 9.95. The van der Waals surface area contributed by atoms with Crippen molar-refractivity contribution in [3.05, 3.63) is 29.1 Å². The third kappa shape index (κ3) is 5.83. The molecule has 1 aromatic carbocycles. The lowest BCUT2D eigenvalue weighted by Crippen LogP contribution is -2.60. The molecule has 0 saturated carbocycles. The van der Waals surface area contributed by atoms with Crippen LogP contribution in [0.15, 0.2) is 12.1 Å². The van der Waals surface area contributed by atoms with Gasteiger partial charge in [-0.2, -0.15) is 0 Å². The van der Waals surface area contributed by atoms with Gasteiger partial charge < -0.3 is 19.3 Å². The van der Waals surface area contributed by atoms with E-state index in [-0.39, 0.29) is 17.6 Å². The van der Waals surface area contributed by atoms with Crippen LogP contribution in [-0.2, 0) is 31.6 Å². The number of likely N-dealkylation sites (tertiary alicyclic amines) is 1. The van der Waals surface area contributed by atoms with Crippen molar-refractivity contribution in [1.29, 1.82) is 0 Å². The molecule has 1 aliphatic carbocycles. The number of anilines is 1. The van der Waals surface area contributed by atoms with Gasteiger partial charge in [-0.15, -0.1) is 0 Å². The molecule has 200 valence electrons. The van der Waals surface area contributed by atoms with Crippen LogP contribution in [0.1, 0.15) is 65.5 Å². The van der Waals surface area contributed by atoms with Gasteiger partial charge in [0.15, 0.2) is 8.32 Å². The maximum Gasteiger partial charge on any atom is 0.411 e.